The lowest BCUT2D eigenvalue weighted by Crippen LogP contribution is -2.46. The molecule has 3 N–H and O–H groups in total. The van der Waals surface area contributed by atoms with E-state index in [1.807, 2.05) is 32.0 Å². The van der Waals surface area contributed by atoms with Gasteiger partial charge in [-0.1, -0.05) is 18.2 Å². The highest BCUT2D eigenvalue weighted by molar-refractivity contribution is 6.07. The van der Waals surface area contributed by atoms with Gasteiger partial charge in [-0.3, -0.25) is 4.79 Å². The Morgan fingerprint density at radius 1 is 1.00 bits per heavy atom. The molecule has 0 aromatic heterocycles. The van der Waals surface area contributed by atoms with Gasteiger partial charge in [0.05, 0.1) is 31.5 Å². The van der Waals surface area contributed by atoms with Crippen molar-refractivity contribution in [3.8, 4) is 11.5 Å². The molecule has 0 spiro atoms. The fraction of sp³-hybridized carbons (Fsp3) is 0.273. The van der Waals surface area contributed by atoms with Crippen molar-refractivity contribution in [2.75, 3.05) is 19.5 Å². The van der Waals surface area contributed by atoms with Gasteiger partial charge in [0.25, 0.3) is 5.91 Å². The molecule has 1 aliphatic rings. The van der Waals surface area contributed by atoms with E-state index < -0.39 is 6.04 Å². The van der Waals surface area contributed by atoms with Crippen molar-refractivity contribution < 1.29 is 19.1 Å². The second-order valence-corrected chi connectivity index (χ2v) is 6.93. The number of rotatable bonds is 5. The van der Waals surface area contributed by atoms with Crippen molar-refractivity contribution in [1.29, 1.82) is 0 Å². The average molecular weight is 395 g/mol. The van der Waals surface area contributed by atoms with Crippen LogP contribution in [0.4, 0.5) is 10.5 Å². The van der Waals surface area contributed by atoms with Gasteiger partial charge in [0.2, 0.25) is 0 Å². The van der Waals surface area contributed by atoms with Crippen LogP contribution in [0.1, 0.15) is 29.7 Å². The topological polar surface area (TPSA) is 88.7 Å². The van der Waals surface area contributed by atoms with Gasteiger partial charge in [-0.05, 0) is 49.6 Å². The predicted octanol–water partition coefficient (Wildman–Crippen LogP) is 3.59. The monoisotopic (exact) mass is 395 g/mol. The van der Waals surface area contributed by atoms with E-state index in [4.69, 9.17) is 9.47 Å². The van der Waals surface area contributed by atoms with Crippen molar-refractivity contribution in [3.05, 3.63) is 64.4 Å². The van der Waals surface area contributed by atoms with Crippen molar-refractivity contribution in [3.63, 3.8) is 0 Å². The van der Waals surface area contributed by atoms with Gasteiger partial charge in [0.1, 0.15) is 11.5 Å². The molecule has 0 bridgehead atoms. The lowest BCUT2D eigenvalue weighted by molar-refractivity contribution is -0.113. The van der Waals surface area contributed by atoms with Gasteiger partial charge in [-0.25, -0.2) is 4.79 Å². The quantitative estimate of drug-likeness (QED) is 0.722. The van der Waals surface area contributed by atoms with E-state index in [9.17, 15) is 9.59 Å². The summed E-state index contributed by atoms with van der Waals surface area (Å²) in [5.41, 5.74) is 4.52. The van der Waals surface area contributed by atoms with Crippen LogP contribution in [-0.2, 0) is 4.79 Å². The van der Waals surface area contributed by atoms with Gasteiger partial charge < -0.3 is 25.4 Å². The average Bonchev–Trinajstić information content (AvgIpc) is 2.69. The number of benzene rings is 2. The summed E-state index contributed by atoms with van der Waals surface area (Å²) in [6.07, 6.45) is 0. The summed E-state index contributed by atoms with van der Waals surface area (Å²) in [5, 5.41) is 8.42. The summed E-state index contributed by atoms with van der Waals surface area (Å²) in [7, 11) is 3.08. The molecule has 0 radical (unpaired) electrons. The summed E-state index contributed by atoms with van der Waals surface area (Å²) >= 11 is 0. The molecule has 3 rings (SSSR count). The predicted molar refractivity (Wildman–Crippen MR) is 111 cm³/mol. The van der Waals surface area contributed by atoms with E-state index in [1.165, 1.54) is 7.11 Å². The lowest BCUT2D eigenvalue weighted by Gasteiger charge is -2.29. The number of hydrogen-bond donors (Lipinski definition) is 3. The van der Waals surface area contributed by atoms with E-state index in [0.717, 1.165) is 16.7 Å². The molecule has 7 nitrogen and oxygen atoms in total. The molecular formula is C22H25N3O4. The van der Waals surface area contributed by atoms with Gasteiger partial charge in [-0.2, -0.15) is 0 Å². The Balaban J connectivity index is 1.97. The maximum atomic E-state index is 13.2. The fourth-order valence-electron chi connectivity index (χ4n) is 3.28. The van der Waals surface area contributed by atoms with Crippen molar-refractivity contribution in [1.82, 2.24) is 10.6 Å². The van der Waals surface area contributed by atoms with Crippen LogP contribution in [0.25, 0.3) is 0 Å². The Bertz CT molecular complexity index is 998. The lowest BCUT2D eigenvalue weighted by atomic mass is 9.92. The van der Waals surface area contributed by atoms with E-state index in [0.29, 0.717) is 28.5 Å². The van der Waals surface area contributed by atoms with Gasteiger partial charge >= 0.3 is 6.03 Å². The first kappa shape index (κ1) is 20.3. The second kappa shape index (κ2) is 8.26. The first-order valence-electron chi connectivity index (χ1n) is 9.23. The van der Waals surface area contributed by atoms with E-state index >= 15 is 0 Å². The maximum absolute atomic E-state index is 13.2. The number of anilines is 1. The van der Waals surface area contributed by atoms with Crippen molar-refractivity contribution >= 4 is 17.6 Å². The number of carbonyl (C=O) groups is 2. The molecular weight excluding hydrogens is 370 g/mol. The first-order valence-corrected chi connectivity index (χ1v) is 9.23. The molecule has 1 heterocycles. The van der Waals surface area contributed by atoms with Crippen LogP contribution in [0.3, 0.4) is 0 Å². The molecule has 152 valence electrons. The summed E-state index contributed by atoms with van der Waals surface area (Å²) in [6.45, 7) is 5.73. The minimum absolute atomic E-state index is 0.332. The standard InChI is InChI=1S/C22H25N3O4/c1-12-6-7-15(10-13(12)2)20-19(14(3)23-22(27)25-20)21(26)24-17-9-8-16(28-4)11-18(17)29-5/h6-11,20H,1-5H3,(H,24,26)(H2,23,25,27). The molecule has 0 fully saturated rings. The summed E-state index contributed by atoms with van der Waals surface area (Å²) < 4.78 is 10.6. The van der Waals surface area contributed by atoms with Crippen LogP contribution >= 0.6 is 0 Å². The molecule has 1 atom stereocenters. The largest absolute Gasteiger partial charge is 0.497 e. The van der Waals surface area contributed by atoms with E-state index in [-0.39, 0.29) is 11.9 Å². The number of nitrogens with one attached hydrogen (secondary N) is 3. The van der Waals surface area contributed by atoms with E-state index in [1.54, 1.807) is 32.2 Å². The minimum atomic E-state index is -0.563. The van der Waals surface area contributed by atoms with Crippen LogP contribution in [0.2, 0.25) is 0 Å². The summed E-state index contributed by atoms with van der Waals surface area (Å²) in [6, 6.07) is 10.1. The molecule has 0 saturated carbocycles. The normalized spacial score (nSPS) is 16.0. The highest BCUT2D eigenvalue weighted by Crippen LogP contribution is 2.32. The Kier molecular flexibility index (Phi) is 5.77. The zero-order valence-corrected chi connectivity index (χ0v) is 17.2. The smallest absolute Gasteiger partial charge is 0.319 e. The molecule has 1 aliphatic heterocycles. The Morgan fingerprint density at radius 2 is 1.76 bits per heavy atom. The third-order valence-corrected chi connectivity index (χ3v) is 5.03. The Labute approximate surface area is 170 Å². The maximum Gasteiger partial charge on any atom is 0.319 e. The first-order chi connectivity index (χ1) is 13.8. The zero-order valence-electron chi connectivity index (χ0n) is 17.2. The van der Waals surface area contributed by atoms with Gasteiger partial charge in [-0.15, -0.1) is 0 Å². The molecule has 29 heavy (non-hydrogen) atoms. The Hall–Kier alpha value is -3.48. The summed E-state index contributed by atoms with van der Waals surface area (Å²) in [4.78, 5) is 25.3. The van der Waals surface area contributed by atoms with Crippen LogP contribution < -0.4 is 25.4 Å². The Morgan fingerprint density at radius 3 is 2.41 bits per heavy atom. The SMILES string of the molecule is COc1ccc(NC(=O)C2=C(C)NC(=O)NC2c2ccc(C)c(C)c2)c(OC)c1. The number of carbonyl (C=O) groups excluding carboxylic acids is 2. The molecule has 0 aliphatic carbocycles. The number of urea groups is 1. The number of amides is 3. The number of allylic oxidation sites excluding steroid dienone is 1. The fourth-order valence-corrected chi connectivity index (χ4v) is 3.28. The number of aryl methyl sites for hydroxylation is 2. The number of methoxy groups -OCH3 is 2. The highest BCUT2D eigenvalue weighted by atomic mass is 16.5. The molecule has 0 saturated heterocycles. The number of hydrogen-bond acceptors (Lipinski definition) is 4. The second-order valence-electron chi connectivity index (χ2n) is 6.93. The molecule has 2 aromatic carbocycles. The minimum Gasteiger partial charge on any atom is -0.497 e. The molecule has 7 heteroatoms. The van der Waals surface area contributed by atoms with Gasteiger partial charge in [0.15, 0.2) is 0 Å². The number of ether oxygens (including phenoxy) is 2. The van der Waals surface area contributed by atoms with Crippen molar-refractivity contribution in [2.24, 2.45) is 0 Å². The van der Waals surface area contributed by atoms with Crippen LogP contribution in [-0.4, -0.2) is 26.2 Å². The van der Waals surface area contributed by atoms with Crippen LogP contribution in [0.15, 0.2) is 47.7 Å². The summed E-state index contributed by atoms with van der Waals surface area (Å²) in [5.74, 6) is 0.767. The molecule has 1 unspecified atom stereocenters. The molecule has 3 amide bonds. The van der Waals surface area contributed by atoms with Gasteiger partial charge in [0, 0.05) is 11.8 Å². The van der Waals surface area contributed by atoms with Crippen molar-refractivity contribution in [2.45, 2.75) is 26.8 Å². The highest BCUT2D eigenvalue weighted by Gasteiger charge is 2.31. The zero-order chi connectivity index (χ0) is 21.1. The van der Waals surface area contributed by atoms with Crippen LogP contribution in [0.5, 0.6) is 11.5 Å². The third-order valence-electron chi connectivity index (χ3n) is 5.03. The van der Waals surface area contributed by atoms with Crippen LogP contribution in [0, 0.1) is 13.8 Å². The molecule has 2 aromatic rings. The van der Waals surface area contributed by atoms with E-state index in [2.05, 4.69) is 16.0 Å². The third kappa shape index (κ3) is 4.18.